The van der Waals surface area contributed by atoms with Gasteiger partial charge in [0.2, 0.25) is 10.0 Å². The van der Waals surface area contributed by atoms with Crippen molar-refractivity contribution in [1.82, 2.24) is 14.3 Å². The molecule has 2 aromatic heterocycles. The minimum absolute atomic E-state index is 0.248. The molecule has 1 aromatic carbocycles. The molecule has 2 heterocycles. The maximum atomic E-state index is 12.2. The Morgan fingerprint density at radius 3 is 2.08 bits per heavy atom. The molecule has 0 aliphatic rings. The van der Waals surface area contributed by atoms with Crippen LogP contribution >= 0.6 is 0 Å². The van der Waals surface area contributed by atoms with Gasteiger partial charge in [-0.3, -0.25) is 4.98 Å². The molecule has 7 heteroatoms. The van der Waals surface area contributed by atoms with Crippen LogP contribution in [0.1, 0.15) is 5.69 Å². The van der Waals surface area contributed by atoms with Gasteiger partial charge in [0.05, 0.1) is 4.90 Å². The summed E-state index contributed by atoms with van der Waals surface area (Å²) in [6.07, 6.45) is 3.44. The van der Waals surface area contributed by atoms with E-state index in [1.165, 1.54) is 18.4 Å². The largest absolute Gasteiger partial charge is 0.383 e. The summed E-state index contributed by atoms with van der Waals surface area (Å²) in [5.41, 5.74) is 10.3. The number of anilines is 1. The Morgan fingerprint density at radius 2 is 1.50 bits per heavy atom. The van der Waals surface area contributed by atoms with Gasteiger partial charge in [-0.2, -0.15) is 0 Å². The predicted octanol–water partition coefficient (Wildman–Crippen LogP) is 2.95. The molecule has 3 aromatic rings. The second-order valence-corrected chi connectivity index (χ2v) is 8.31. The Bertz CT molecular complexity index is 1030. The first-order chi connectivity index (χ1) is 12.3. The molecule has 2 N–H and O–H groups in total. The Labute approximate surface area is 153 Å². The molecular weight excluding hydrogens is 348 g/mol. The third-order valence-corrected chi connectivity index (χ3v) is 5.94. The van der Waals surface area contributed by atoms with Crippen molar-refractivity contribution >= 4 is 15.8 Å². The van der Waals surface area contributed by atoms with E-state index < -0.39 is 10.0 Å². The zero-order valence-corrected chi connectivity index (χ0v) is 15.7. The van der Waals surface area contributed by atoms with Crippen LogP contribution in [0.2, 0.25) is 0 Å². The molecular formula is C19H20N4O2S. The molecule has 0 saturated heterocycles. The summed E-state index contributed by atoms with van der Waals surface area (Å²) in [4.78, 5) is 8.82. The van der Waals surface area contributed by atoms with Crippen LogP contribution in [0.4, 0.5) is 5.82 Å². The SMILES string of the molecule is Cc1ccc(-c2cc(-c3ccc(S(=O)(=O)N(C)C)cc3)cnc2N)cn1. The number of nitrogens with two attached hydrogens (primary N) is 1. The second kappa shape index (κ2) is 6.86. The minimum Gasteiger partial charge on any atom is -0.383 e. The van der Waals surface area contributed by atoms with Gasteiger partial charge in [0.25, 0.3) is 0 Å². The molecule has 134 valence electrons. The molecule has 0 fully saturated rings. The van der Waals surface area contributed by atoms with Crippen molar-refractivity contribution in [3.8, 4) is 22.3 Å². The Hall–Kier alpha value is -2.77. The van der Waals surface area contributed by atoms with Gasteiger partial charge in [0, 0.05) is 48.9 Å². The number of hydrogen-bond acceptors (Lipinski definition) is 5. The number of benzene rings is 1. The zero-order valence-electron chi connectivity index (χ0n) is 14.8. The fraction of sp³-hybridized carbons (Fsp3) is 0.158. The molecule has 0 unspecified atom stereocenters. The summed E-state index contributed by atoms with van der Waals surface area (Å²) < 4.78 is 25.6. The van der Waals surface area contributed by atoms with Crippen LogP contribution in [0.3, 0.4) is 0 Å². The Kier molecular flexibility index (Phi) is 4.76. The zero-order chi connectivity index (χ0) is 18.9. The van der Waals surface area contributed by atoms with Gasteiger partial charge in [0.1, 0.15) is 5.82 Å². The lowest BCUT2D eigenvalue weighted by molar-refractivity contribution is 0.521. The van der Waals surface area contributed by atoms with Crippen molar-refractivity contribution in [2.45, 2.75) is 11.8 Å². The van der Waals surface area contributed by atoms with Crippen molar-refractivity contribution in [1.29, 1.82) is 0 Å². The van der Waals surface area contributed by atoms with E-state index in [1.807, 2.05) is 25.1 Å². The van der Waals surface area contributed by atoms with Crippen LogP contribution in [0.15, 0.2) is 59.8 Å². The third kappa shape index (κ3) is 3.44. The number of pyridine rings is 2. The quantitative estimate of drug-likeness (QED) is 0.765. The number of nitrogen functional groups attached to an aromatic ring is 1. The first kappa shape index (κ1) is 18.0. The summed E-state index contributed by atoms with van der Waals surface area (Å²) in [6, 6.07) is 12.5. The van der Waals surface area contributed by atoms with Crippen molar-refractivity contribution in [3.05, 3.63) is 60.6 Å². The number of sulfonamides is 1. The molecule has 0 bridgehead atoms. The normalized spacial score (nSPS) is 11.7. The molecule has 0 radical (unpaired) electrons. The molecule has 0 atom stereocenters. The molecule has 6 nitrogen and oxygen atoms in total. The molecule has 26 heavy (non-hydrogen) atoms. The average molecular weight is 368 g/mol. The van der Waals surface area contributed by atoms with E-state index in [0.717, 1.165) is 27.9 Å². The molecule has 3 rings (SSSR count). The number of aromatic nitrogens is 2. The van der Waals surface area contributed by atoms with Crippen LogP contribution in [0, 0.1) is 6.92 Å². The Balaban J connectivity index is 2.00. The van der Waals surface area contributed by atoms with Crippen LogP contribution in [-0.4, -0.2) is 36.8 Å². The highest BCUT2D eigenvalue weighted by Gasteiger charge is 2.17. The van der Waals surface area contributed by atoms with Crippen LogP contribution in [0.5, 0.6) is 0 Å². The van der Waals surface area contributed by atoms with Crippen LogP contribution in [0.25, 0.3) is 22.3 Å². The predicted molar refractivity (Wildman–Crippen MR) is 103 cm³/mol. The van der Waals surface area contributed by atoms with E-state index in [0.29, 0.717) is 5.82 Å². The van der Waals surface area contributed by atoms with Gasteiger partial charge in [-0.25, -0.2) is 17.7 Å². The fourth-order valence-electron chi connectivity index (χ4n) is 2.52. The van der Waals surface area contributed by atoms with E-state index in [1.54, 1.807) is 36.7 Å². The summed E-state index contributed by atoms with van der Waals surface area (Å²) in [6.45, 7) is 1.92. The van der Waals surface area contributed by atoms with E-state index in [2.05, 4.69) is 9.97 Å². The van der Waals surface area contributed by atoms with Crippen molar-refractivity contribution in [2.24, 2.45) is 0 Å². The molecule has 0 spiro atoms. The summed E-state index contributed by atoms with van der Waals surface area (Å²) in [5.74, 6) is 0.422. The number of aryl methyl sites for hydroxylation is 1. The van der Waals surface area contributed by atoms with Gasteiger partial charge < -0.3 is 5.73 Å². The maximum absolute atomic E-state index is 12.2. The summed E-state index contributed by atoms with van der Waals surface area (Å²) in [5, 5.41) is 0. The minimum atomic E-state index is -3.45. The van der Waals surface area contributed by atoms with Gasteiger partial charge in [-0.05, 0) is 36.8 Å². The number of nitrogens with zero attached hydrogens (tertiary/aromatic N) is 3. The topological polar surface area (TPSA) is 89.2 Å². The second-order valence-electron chi connectivity index (χ2n) is 6.16. The van der Waals surface area contributed by atoms with Crippen molar-refractivity contribution < 1.29 is 8.42 Å². The lowest BCUT2D eigenvalue weighted by Gasteiger charge is -2.12. The van der Waals surface area contributed by atoms with Crippen LogP contribution < -0.4 is 5.73 Å². The molecule has 0 aliphatic carbocycles. The smallest absolute Gasteiger partial charge is 0.242 e. The lowest BCUT2D eigenvalue weighted by atomic mass is 10.0. The molecule has 0 amide bonds. The van der Waals surface area contributed by atoms with Crippen molar-refractivity contribution in [3.63, 3.8) is 0 Å². The Morgan fingerprint density at radius 1 is 0.885 bits per heavy atom. The molecule has 0 saturated carbocycles. The van der Waals surface area contributed by atoms with Gasteiger partial charge >= 0.3 is 0 Å². The monoisotopic (exact) mass is 368 g/mol. The number of hydrogen-bond donors (Lipinski definition) is 1. The highest BCUT2D eigenvalue weighted by molar-refractivity contribution is 7.89. The highest BCUT2D eigenvalue weighted by atomic mass is 32.2. The van der Waals surface area contributed by atoms with E-state index in [4.69, 9.17) is 5.73 Å². The first-order valence-electron chi connectivity index (χ1n) is 8.00. The van der Waals surface area contributed by atoms with Gasteiger partial charge in [-0.1, -0.05) is 18.2 Å². The molecule has 0 aliphatic heterocycles. The van der Waals surface area contributed by atoms with E-state index >= 15 is 0 Å². The number of rotatable bonds is 4. The summed E-state index contributed by atoms with van der Waals surface area (Å²) in [7, 11) is -0.430. The third-order valence-electron chi connectivity index (χ3n) is 4.11. The van der Waals surface area contributed by atoms with E-state index in [-0.39, 0.29) is 4.90 Å². The summed E-state index contributed by atoms with van der Waals surface area (Å²) >= 11 is 0. The van der Waals surface area contributed by atoms with Gasteiger partial charge in [0.15, 0.2) is 0 Å². The van der Waals surface area contributed by atoms with Crippen molar-refractivity contribution in [2.75, 3.05) is 19.8 Å². The van der Waals surface area contributed by atoms with Gasteiger partial charge in [-0.15, -0.1) is 0 Å². The highest BCUT2D eigenvalue weighted by Crippen LogP contribution is 2.30. The standard InChI is InChI=1S/C19H20N4O2S/c1-13-4-5-15(11-21-13)18-10-16(12-22-19(18)20)14-6-8-17(9-7-14)26(24,25)23(2)3/h4-12H,1-3H3,(H2,20,22). The maximum Gasteiger partial charge on any atom is 0.242 e. The average Bonchev–Trinajstić information content (AvgIpc) is 2.63. The van der Waals surface area contributed by atoms with E-state index in [9.17, 15) is 8.42 Å². The van der Waals surface area contributed by atoms with Crippen LogP contribution in [-0.2, 0) is 10.0 Å². The first-order valence-corrected chi connectivity index (χ1v) is 9.44. The fourth-order valence-corrected chi connectivity index (χ4v) is 3.42. The lowest BCUT2D eigenvalue weighted by Crippen LogP contribution is -2.22.